The summed E-state index contributed by atoms with van der Waals surface area (Å²) in [6.07, 6.45) is 10.7. The van der Waals surface area contributed by atoms with Crippen molar-refractivity contribution < 1.29 is 80.0 Å². The Balaban J connectivity index is 0.000000179. The van der Waals surface area contributed by atoms with E-state index in [1.165, 1.54) is 69.5 Å². The van der Waals surface area contributed by atoms with E-state index >= 15 is 0 Å². The van der Waals surface area contributed by atoms with Gasteiger partial charge in [0.1, 0.15) is 12.1 Å². The molecule has 12 nitrogen and oxygen atoms in total. The van der Waals surface area contributed by atoms with Crippen molar-refractivity contribution in [1.82, 2.24) is 29.1 Å². The van der Waals surface area contributed by atoms with Crippen molar-refractivity contribution in [2.45, 2.75) is 59.4 Å². The Labute approximate surface area is 985 Å². The predicted octanol–water partition coefficient (Wildman–Crippen LogP) is 33.5. The van der Waals surface area contributed by atoms with Gasteiger partial charge < -0.3 is 22.0 Å². The Morgan fingerprint density at radius 1 is 0.372 bits per heavy atom. The molecule has 5 N–H and O–H groups in total. The third kappa shape index (κ3) is 31.5. The fraction of sp³-hybridized carbons (Fsp3) is 0.0794. The second kappa shape index (κ2) is 58.2. The molecule has 148 heavy (non-hydrogen) atoms. The van der Waals surface area contributed by atoms with Crippen LogP contribution in [0.25, 0.3) is 140 Å². The summed E-state index contributed by atoms with van der Waals surface area (Å²) in [6.45, 7) is 3.82. The maximum absolute atomic E-state index is 11.9. The number of ketones is 2. The molecule has 0 radical (unpaired) electrons. The summed E-state index contributed by atoms with van der Waals surface area (Å²) >= 11 is 26.4. The number of nitrogens with one attached hydrogen (secondary N) is 1. The zero-order chi connectivity index (χ0) is 102. The third-order valence-electron chi connectivity index (χ3n) is 24.2. The molecule has 0 bridgehead atoms. The summed E-state index contributed by atoms with van der Waals surface area (Å²) in [5.74, 6) is 2.45. The minimum absolute atomic E-state index is 0. The largest absolute Gasteiger partial charge is 1.00 e. The molecule has 4 heterocycles. The van der Waals surface area contributed by atoms with E-state index < -0.39 is 0 Å². The van der Waals surface area contributed by atoms with E-state index in [4.69, 9.17) is 36.8 Å². The molecule has 22 heteroatoms. The molecule has 4 aromatic heterocycles. The third-order valence-corrected chi connectivity index (χ3v) is 27.0. The second-order valence-corrected chi connectivity index (χ2v) is 39.7. The zero-order valence-electron chi connectivity index (χ0n) is 81.5. The minimum atomic E-state index is 0. The number of Topliss-reactive ketones (excluding diaryl/α,β-unsaturated/α-hetero) is 1. The Kier molecular flexibility index (Phi) is 45.4. The molecule has 0 saturated heterocycles. The van der Waals surface area contributed by atoms with Gasteiger partial charge in [0.25, 0.3) is 0 Å². The summed E-state index contributed by atoms with van der Waals surface area (Å²) in [4.78, 5) is 52.8. The number of halogens is 8. The first-order chi connectivity index (χ1) is 70.7. The van der Waals surface area contributed by atoms with Crippen LogP contribution in [0.1, 0.15) is 102 Å². The molecule has 0 amide bonds. The number of allylic oxidation sites excluding steroid dienone is 1. The van der Waals surface area contributed by atoms with Crippen LogP contribution in [0.4, 0.5) is 0 Å². The maximum atomic E-state index is 11.9. The Bertz CT molecular complexity index is 7560. The molecule has 0 aliphatic heterocycles. The van der Waals surface area contributed by atoms with E-state index in [9.17, 15) is 14.4 Å². The molecule has 2 aliphatic carbocycles. The van der Waals surface area contributed by atoms with Crippen LogP contribution in [0.15, 0.2) is 476 Å². The fourth-order valence-corrected chi connectivity index (χ4v) is 21.1. The van der Waals surface area contributed by atoms with Crippen molar-refractivity contribution >= 4 is 202 Å². The van der Waals surface area contributed by atoms with Gasteiger partial charge in [-0.3, -0.25) is 19.8 Å². The summed E-state index contributed by atoms with van der Waals surface area (Å²) in [5.41, 5.74) is 37.1. The molecule has 0 spiro atoms. The number of aromatic nitrogens is 6. The molecule has 17 aromatic carbocycles. The van der Waals surface area contributed by atoms with E-state index in [1.807, 2.05) is 206 Å². The molecule has 1 saturated carbocycles. The van der Waals surface area contributed by atoms with Gasteiger partial charge in [0.2, 0.25) is 0 Å². The predicted molar refractivity (Wildman–Crippen MR) is 643 cm³/mol. The summed E-state index contributed by atoms with van der Waals surface area (Å²) in [6, 6.07) is 150. The van der Waals surface area contributed by atoms with Crippen LogP contribution in [-0.4, -0.2) is 58.8 Å². The molecule has 740 valence electrons. The number of carbonyl (C=O) groups is 3. The van der Waals surface area contributed by atoms with Crippen molar-refractivity contribution in [3.63, 3.8) is 0 Å². The SMILES string of the molecule is Brc1cc(Br)cc(-c2cc(-c3ccccc3)nc(-c3ccccc3)n2)c1.C.CC(=O)c1ccccc1.C[C@@H]1CCCC[C@H]1N.Cl.N=C(N)c1ccccc1.O=C(/C=C/c1cc(Br)cc(Br)c1)c1ccccc1.O=Cc1cc(Br)cc(Br)c1.[Cu][I].[H-].[K+].c1ccc(-c2cc(-c3cc(-n4c5ccccc5c5ccccc54)cc(-n4c5ccccc5c5ccccc54)c3)nc(-c3ccccc3)n2)cc1.c1ccc2c(c1)Cc1ccccc1-2. The minimum Gasteiger partial charge on any atom is -1.00 e. The number of para-hydroxylation sites is 4. The average Bonchev–Trinajstić information content (AvgIpc) is 1.55. The smallest absolute Gasteiger partial charge is 1.00 e. The van der Waals surface area contributed by atoms with E-state index in [0.717, 1.165) is 158 Å². The van der Waals surface area contributed by atoms with Gasteiger partial charge in [0, 0.05) is 121 Å². The number of aldehydes is 1. The van der Waals surface area contributed by atoms with Gasteiger partial charge in [-0.2, -0.15) is 0 Å². The van der Waals surface area contributed by atoms with Crippen LogP contribution in [0.3, 0.4) is 0 Å². The van der Waals surface area contributed by atoms with Crippen LogP contribution >= 0.6 is 128 Å². The fourth-order valence-electron chi connectivity index (χ4n) is 17.1. The molecule has 0 unspecified atom stereocenters. The first kappa shape index (κ1) is 115. The van der Waals surface area contributed by atoms with E-state index in [-0.39, 0.29) is 90.0 Å². The quantitative estimate of drug-likeness (QED) is 0.0181. The molecule has 23 rings (SSSR count). The van der Waals surface area contributed by atoms with Gasteiger partial charge in [-0.1, -0.05) is 462 Å². The molecular formula is C126H105Br6ClCuIKN9O3. The number of nitrogen functional groups attached to an aromatic ring is 1. The van der Waals surface area contributed by atoms with Crippen molar-refractivity contribution in [2.75, 3.05) is 0 Å². The number of nitrogens with zero attached hydrogens (tertiary/aromatic N) is 6. The first-order valence-corrected chi connectivity index (χ1v) is 54.7. The number of fused-ring (bicyclic) bond motifs is 9. The summed E-state index contributed by atoms with van der Waals surface area (Å²) in [5, 5.41) is 11.9. The van der Waals surface area contributed by atoms with E-state index in [1.54, 1.807) is 45.5 Å². The van der Waals surface area contributed by atoms with Gasteiger partial charge in [-0.05, 0) is 175 Å². The van der Waals surface area contributed by atoms with Crippen LogP contribution in [0, 0.1) is 11.3 Å². The van der Waals surface area contributed by atoms with Gasteiger partial charge in [-0.15, -0.1) is 12.4 Å². The number of carbonyl (C=O) groups excluding carboxylic acids is 3. The van der Waals surface area contributed by atoms with Crippen molar-refractivity contribution in [3.8, 4) is 90.3 Å². The topological polar surface area (TPSA) is 189 Å². The van der Waals surface area contributed by atoms with Gasteiger partial charge >= 0.3 is 84.5 Å². The van der Waals surface area contributed by atoms with Crippen molar-refractivity contribution in [2.24, 2.45) is 17.4 Å². The molecule has 21 aromatic rings. The molecule has 2 atom stereocenters. The Morgan fingerprint density at radius 3 is 1.00 bits per heavy atom. The monoisotopic (exact) mass is 2530 g/mol. The number of rotatable bonds is 14. The number of hydrogen-bond donors (Lipinski definition) is 3. The van der Waals surface area contributed by atoms with E-state index in [0.29, 0.717) is 23.0 Å². The van der Waals surface area contributed by atoms with Crippen LogP contribution in [-0.2, 0) is 19.2 Å². The van der Waals surface area contributed by atoms with E-state index in [2.05, 4.69) is 355 Å². The van der Waals surface area contributed by atoms with Crippen LogP contribution < -0.4 is 62.9 Å². The van der Waals surface area contributed by atoms with Crippen LogP contribution in [0.5, 0.6) is 0 Å². The second-order valence-electron chi connectivity index (χ2n) is 34.2. The average molecular weight is 2540 g/mol. The van der Waals surface area contributed by atoms with Gasteiger partial charge in [0.05, 0.1) is 44.8 Å². The zero-order valence-corrected chi connectivity index (χ0v) is 97.0. The summed E-state index contributed by atoms with van der Waals surface area (Å²) in [7, 11) is 0. The van der Waals surface area contributed by atoms with Crippen molar-refractivity contribution in [1.29, 1.82) is 5.41 Å². The number of nitrogens with two attached hydrogens (primary N) is 2. The molecular weight excluding hydrogens is 2430 g/mol. The molecule has 2 aliphatic rings. The Hall–Kier alpha value is -11.3. The van der Waals surface area contributed by atoms with Gasteiger partial charge in [0.15, 0.2) is 23.2 Å². The van der Waals surface area contributed by atoms with Crippen molar-refractivity contribution in [3.05, 3.63) is 515 Å². The number of amidine groups is 1. The standard InChI is InChI=1S/C46H30N4.C22H14Br2N2.C15H10Br2O.C13H10.C8H8O.C7H4Br2O.C7H8N2.C7H15N.CH4.ClH.Cu.HI.K.H/c1-3-15-31(16-4-1)40-30-41(48-46(47-40)32-17-5-2-6-18-32)33-27-34(49-42-23-11-7-19-36(42)37-20-8-12-24-43(37)49)29-35(28-33)50-44-25-13-9-21-38(44)39-22-10-14-26-45(39)50;23-18-11-17(12-19(24)13-18)21-14-20(15-7-3-1-4-8-15)25-22(26-21)16-9-5-2-6-10-16;16-13-8-11(9-14(17)10-13)6-7-15(18)12-4-2-1-3-5-12;1-3-7-12-10(5-1)9-11-6-2-4-8-13(11)12;1-7(9)8-5-3-2-4-6-8;8-6-1-5(4-10)2-7(9)3-6;8-7(9)6-4-2-1-3-5-6;1-6-4-2-3-5-7(6)8;;;;;;/h1-30H;1-14H;1-10H;1-8H,9H2;2-6H,1H3;1-4H;1-5H,(H3,8,9);6-7H,2-5,8H2,1H3;1H4;1H;;1H;;/q;;;;;;;;;;+1;;+1;-1/p-1/b;;7-6+;;;;;;;;;;;/t;;;;;;;6-,7-;;;;;;/m.......1....../s1. The number of hydrogen-bond acceptors (Lipinski definition) is 9. The first-order valence-electron chi connectivity index (χ1n) is 46.9. The number of benzene rings is 17. The molecule has 1 fully saturated rings. The summed E-state index contributed by atoms with van der Waals surface area (Å²) < 4.78 is 10.6. The van der Waals surface area contributed by atoms with Gasteiger partial charge in [-0.25, -0.2) is 19.9 Å². The Morgan fingerprint density at radius 2 is 0.669 bits per heavy atom. The van der Waals surface area contributed by atoms with Crippen LogP contribution in [0.2, 0.25) is 0 Å². The maximum Gasteiger partial charge on any atom is 1.00 e. The normalized spacial score (nSPS) is 12.1.